The number of unbranched alkanes of at least 4 members (excludes halogenated alkanes) is 12. The van der Waals surface area contributed by atoms with Gasteiger partial charge in [-0.05, 0) is 118 Å². The minimum atomic E-state index is 0.0815. The van der Waals surface area contributed by atoms with Crippen molar-refractivity contribution < 1.29 is 0 Å². The summed E-state index contributed by atoms with van der Waals surface area (Å²) in [7, 11) is 0. The zero-order valence-electron chi connectivity index (χ0n) is 41.8. The van der Waals surface area contributed by atoms with Crippen LogP contribution in [0.15, 0.2) is 121 Å². The van der Waals surface area contributed by atoms with Crippen LogP contribution in [0.1, 0.15) is 178 Å². The molecule has 5 heteroatoms. The van der Waals surface area contributed by atoms with Gasteiger partial charge in [-0.25, -0.2) is 0 Å². The first-order chi connectivity index (χ1) is 34.0. The van der Waals surface area contributed by atoms with Crippen molar-refractivity contribution in [2.75, 3.05) is 0 Å². The van der Waals surface area contributed by atoms with E-state index in [2.05, 4.69) is 149 Å². The number of fused-ring (bicyclic) bond motifs is 7. The van der Waals surface area contributed by atoms with E-state index in [1.165, 1.54) is 204 Å². The molecule has 0 unspecified atom stereocenters. The van der Waals surface area contributed by atoms with Crippen molar-refractivity contribution >= 4 is 45.4 Å². The second-order valence-corrected chi connectivity index (χ2v) is 23.2. The molecule has 8 aromatic rings. The molecule has 0 spiro atoms. The maximum Gasteiger partial charge on any atom is 0.114 e. The number of aromatic nitrogens is 2. The summed E-state index contributed by atoms with van der Waals surface area (Å²) in [5, 5.41) is 0. The van der Waals surface area contributed by atoms with Crippen molar-refractivity contribution in [1.82, 2.24) is 8.75 Å². The minimum absolute atomic E-state index is 0.0815. The topological polar surface area (TPSA) is 25.8 Å². The van der Waals surface area contributed by atoms with E-state index in [9.17, 15) is 0 Å². The molecule has 0 saturated heterocycles. The Balaban J connectivity index is 0.946. The Morgan fingerprint density at radius 2 is 0.681 bits per heavy atom. The second-order valence-electron chi connectivity index (χ2n) is 20.5. The van der Waals surface area contributed by atoms with E-state index in [0.29, 0.717) is 0 Å². The van der Waals surface area contributed by atoms with Crippen LogP contribution in [-0.2, 0) is 10.8 Å². The SMILES string of the molecule is CCCCCCC1(CCCCCC)c2ccccc2-c2ccc(-c3ccc(-c4ccc(-c5ccc(-c6ccc7c(c6)C(CCCCCC)(CCCCCC)c6ccccc6-7)s5)c5nsnc45)s3)cc21. The van der Waals surface area contributed by atoms with E-state index in [4.69, 9.17) is 8.75 Å². The van der Waals surface area contributed by atoms with Gasteiger partial charge in [0.1, 0.15) is 11.0 Å². The third-order valence-corrected chi connectivity index (χ3v) is 19.0. The summed E-state index contributed by atoms with van der Waals surface area (Å²) in [6.45, 7) is 9.31. The molecule has 2 aliphatic carbocycles. The summed E-state index contributed by atoms with van der Waals surface area (Å²) in [5.41, 5.74) is 19.3. The van der Waals surface area contributed by atoms with Gasteiger partial charge in [-0.3, -0.25) is 0 Å². The van der Waals surface area contributed by atoms with E-state index in [0.717, 1.165) is 11.0 Å². The molecule has 3 aromatic heterocycles. The molecule has 0 atom stereocenters. The Morgan fingerprint density at radius 1 is 0.333 bits per heavy atom. The van der Waals surface area contributed by atoms with Crippen LogP contribution in [0, 0.1) is 0 Å². The number of hydrogen-bond donors (Lipinski definition) is 0. The van der Waals surface area contributed by atoms with E-state index >= 15 is 0 Å². The van der Waals surface area contributed by atoms with Crippen LogP contribution in [0.25, 0.3) is 75.0 Å². The Kier molecular flexibility index (Phi) is 15.1. The maximum atomic E-state index is 4.99. The second kappa shape index (κ2) is 21.8. The number of rotatable bonds is 24. The molecule has 0 saturated carbocycles. The Labute approximate surface area is 426 Å². The molecule has 0 amide bonds. The van der Waals surface area contributed by atoms with Gasteiger partial charge in [0.15, 0.2) is 0 Å². The minimum Gasteiger partial charge on any atom is -0.172 e. The van der Waals surface area contributed by atoms with Gasteiger partial charge in [0, 0.05) is 41.5 Å². The standard InChI is InChI=1S/C64H72N2S3/c1-5-9-13-21-39-63(40-22-14-10-6-2)53-27-19-17-25-47(53)49-31-29-45(43-55(49)63)57-35-37-59(67-57)51-33-34-52(62-61(51)65-69-66-62)60-38-36-58(68-60)46-30-32-50-48-26-18-20-28-54(48)64(56(50)44-46,41-23-15-11-7-3)42-24-16-12-8-4/h17-20,25-38,43-44H,5-16,21-24,39-42H2,1-4H3. The van der Waals surface area contributed by atoms with Gasteiger partial charge in [0.25, 0.3) is 0 Å². The fraction of sp³-hybridized carbons (Fsp3) is 0.406. The van der Waals surface area contributed by atoms with Gasteiger partial charge in [-0.2, -0.15) is 8.75 Å². The molecule has 0 N–H and O–H groups in total. The van der Waals surface area contributed by atoms with Gasteiger partial charge >= 0.3 is 0 Å². The third kappa shape index (κ3) is 9.26. The average molecular weight is 965 g/mol. The first-order valence-corrected chi connectivity index (χ1v) is 29.3. The zero-order chi connectivity index (χ0) is 47.2. The molecule has 2 nitrogen and oxygen atoms in total. The lowest BCUT2D eigenvalue weighted by molar-refractivity contribution is 0.401. The van der Waals surface area contributed by atoms with Crippen LogP contribution >= 0.6 is 34.4 Å². The van der Waals surface area contributed by atoms with E-state index in [1.807, 2.05) is 22.7 Å². The van der Waals surface area contributed by atoms with Crippen LogP contribution in [0.4, 0.5) is 0 Å². The molecule has 69 heavy (non-hydrogen) atoms. The molecule has 356 valence electrons. The third-order valence-electron chi connectivity index (χ3n) is 16.1. The highest BCUT2D eigenvalue weighted by Crippen LogP contribution is 2.57. The lowest BCUT2D eigenvalue weighted by Gasteiger charge is -2.33. The quantitative estimate of drug-likeness (QED) is 0.0564. The van der Waals surface area contributed by atoms with E-state index < -0.39 is 0 Å². The van der Waals surface area contributed by atoms with Crippen LogP contribution < -0.4 is 0 Å². The first kappa shape index (κ1) is 48.0. The maximum absolute atomic E-state index is 4.99. The molecule has 0 fully saturated rings. The average Bonchev–Trinajstić information content (AvgIpc) is 4.25. The summed E-state index contributed by atoms with van der Waals surface area (Å²) in [5.74, 6) is 0. The van der Waals surface area contributed by atoms with Crippen LogP contribution in [-0.4, -0.2) is 8.75 Å². The van der Waals surface area contributed by atoms with Crippen molar-refractivity contribution in [3.63, 3.8) is 0 Å². The number of benzene rings is 5. The molecule has 3 heterocycles. The molecular formula is C64H72N2S3. The first-order valence-electron chi connectivity index (χ1n) is 27.0. The molecule has 0 radical (unpaired) electrons. The van der Waals surface area contributed by atoms with Crippen molar-refractivity contribution in [3.05, 3.63) is 144 Å². The van der Waals surface area contributed by atoms with E-state index in [-0.39, 0.29) is 10.8 Å². The van der Waals surface area contributed by atoms with Crippen molar-refractivity contribution in [2.45, 2.75) is 167 Å². The number of thiophene rings is 2. The van der Waals surface area contributed by atoms with E-state index in [1.54, 1.807) is 22.3 Å². The largest absolute Gasteiger partial charge is 0.172 e. The lowest BCUT2D eigenvalue weighted by atomic mass is 9.70. The van der Waals surface area contributed by atoms with Gasteiger partial charge in [0.05, 0.1) is 11.7 Å². The van der Waals surface area contributed by atoms with Crippen molar-refractivity contribution in [1.29, 1.82) is 0 Å². The zero-order valence-corrected chi connectivity index (χ0v) is 44.3. The normalized spacial score (nSPS) is 14.0. The summed E-state index contributed by atoms with van der Waals surface area (Å²) in [6, 6.07) is 47.5. The summed E-state index contributed by atoms with van der Waals surface area (Å²) in [4.78, 5) is 5.15. The predicted octanol–water partition coefficient (Wildman–Crippen LogP) is 20.9. The van der Waals surface area contributed by atoms with Crippen LogP contribution in [0.5, 0.6) is 0 Å². The molecule has 0 aliphatic heterocycles. The fourth-order valence-corrected chi connectivity index (χ4v) is 15.1. The summed E-state index contributed by atoms with van der Waals surface area (Å²) < 4.78 is 9.98. The molecule has 0 bridgehead atoms. The highest BCUT2D eigenvalue weighted by Gasteiger charge is 2.43. The van der Waals surface area contributed by atoms with Crippen molar-refractivity contribution in [3.8, 4) is 64.0 Å². The van der Waals surface area contributed by atoms with Gasteiger partial charge in [-0.1, -0.05) is 215 Å². The molecule has 2 aliphatic rings. The smallest absolute Gasteiger partial charge is 0.114 e. The number of nitrogens with zero attached hydrogens (tertiary/aromatic N) is 2. The van der Waals surface area contributed by atoms with Gasteiger partial charge in [-0.15, -0.1) is 22.7 Å². The Morgan fingerprint density at radius 3 is 1.07 bits per heavy atom. The van der Waals surface area contributed by atoms with Gasteiger partial charge in [0.2, 0.25) is 0 Å². The monoisotopic (exact) mass is 964 g/mol. The lowest BCUT2D eigenvalue weighted by Crippen LogP contribution is -2.25. The number of hydrogen-bond acceptors (Lipinski definition) is 5. The van der Waals surface area contributed by atoms with Crippen molar-refractivity contribution in [2.24, 2.45) is 0 Å². The molecular weight excluding hydrogens is 893 g/mol. The summed E-state index contributed by atoms with van der Waals surface area (Å²) >= 11 is 5.13. The molecule has 10 rings (SSSR count). The molecule has 5 aromatic carbocycles. The highest BCUT2D eigenvalue weighted by molar-refractivity contribution is 7.19. The Hall–Kier alpha value is -4.68. The predicted molar refractivity (Wildman–Crippen MR) is 302 cm³/mol. The highest BCUT2D eigenvalue weighted by atomic mass is 32.1. The van der Waals surface area contributed by atoms with Crippen LogP contribution in [0.3, 0.4) is 0 Å². The fourth-order valence-electron chi connectivity index (χ4n) is 12.5. The van der Waals surface area contributed by atoms with Gasteiger partial charge < -0.3 is 0 Å². The summed E-state index contributed by atoms with van der Waals surface area (Å²) in [6.07, 6.45) is 25.7. The van der Waals surface area contributed by atoms with Crippen LogP contribution in [0.2, 0.25) is 0 Å². The Bertz CT molecular complexity index is 2770.